The van der Waals surface area contributed by atoms with Gasteiger partial charge in [0.15, 0.2) is 0 Å². The molecule has 0 fully saturated rings. The lowest BCUT2D eigenvalue weighted by Crippen LogP contribution is -1.97. The van der Waals surface area contributed by atoms with Crippen molar-refractivity contribution in [2.45, 2.75) is 4.83 Å². The summed E-state index contributed by atoms with van der Waals surface area (Å²) in [5.74, 6) is 0.216. The van der Waals surface area contributed by atoms with Crippen LogP contribution in [0.25, 0.3) is 0 Å². The first-order valence-electron chi connectivity index (χ1n) is 5.44. The number of halogens is 4. The van der Waals surface area contributed by atoms with Crippen LogP contribution in [0, 0.1) is 5.82 Å². The molecule has 0 aliphatic heterocycles. The van der Waals surface area contributed by atoms with Gasteiger partial charge in [0.2, 0.25) is 0 Å². The molecule has 0 aliphatic carbocycles. The van der Waals surface area contributed by atoms with Gasteiger partial charge in [-0.05, 0) is 29.8 Å². The Morgan fingerprint density at radius 3 is 2.21 bits per heavy atom. The second-order valence-corrected chi connectivity index (χ2v) is 6.70. The maximum Gasteiger partial charge on any atom is 0.131 e. The summed E-state index contributed by atoms with van der Waals surface area (Å²) in [5.41, 5.74) is 1.54. The average molecular weight is 453 g/mol. The second kappa shape index (κ2) is 6.37. The number of ether oxygens (including phenoxy) is 1. The van der Waals surface area contributed by atoms with E-state index in [-0.39, 0.29) is 10.6 Å². The minimum absolute atomic E-state index is 0.216. The van der Waals surface area contributed by atoms with Crippen molar-refractivity contribution >= 4 is 47.8 Å². The molecule has 2 aromatic rings. The van der Waals surface area contributed by atoms with E-state index >= 15 is 0 Å². The monoisotopic (exact) mass is 450 g/mol. The van der Waals surface area contributed by atoms with Crippen LogP contribution in [0.4, 0.5) is 4.39 Å². The first kappa shape index (κ1) is 15.0. The fourth-order valence-corrected chi connectivity index (χ4v) is 3.71. The van der Waals surface area contributed by atoms with Crippen molar-refractivity contribution in [3.05, 3.63) is 62.3 Å². The van der Waals surface area contributed by atoms with E-state index in [0.29, 0.717) is 11.3 Å². The molecule has 0 radical (unpaired) electrons. The average Bonchev–Trinajstić information content (AvgIpc) is 2.36. The minimum atomic E-state index is -0.294. The van der Waals surface area contributed by atoms with Gasteiger partial charge in [0, 0.05) is 20.6 Å². The summed E-state index contributed by atoms with van der Waals surface area (Å²) < 4.78 is 20.9. The molecule has 0 aromatic heterocycles. The third kappa shape index (κ3) is 3.58. The third-order valence-electron chi connectivity index (χ3n) is 2.66. The summed E-state index contributed by atoms with van der Waals surface area (Å²) in [6, 6.07) is 10.7. The van der Waals surface area contributed by atoms with Crippen molar-refractivity contribution in [2.75, 3.05) is 7.11 Å². The molecule has 0 amide bonds. The fourth-order valence-electron chi connectivity index (χ4n) is 1.74. The lowest BCUT2D eigenvalue weighted by atomic mass is 10.0. The number of hydrogen-bond acceptors (Lipinski definition) is 1. The summed E-state index contributed by atoms with van der Waals surface area (Å²) >= 11 is 10.4. The lowest BCUT2D eigenvalue weighted by Gasteiger charge is -2.13. The molecule has 0 N–H and O–H groups in total. The Kier molecular flexibility index (Phi) is 5.03. The molecule has 100 valence electrons. The molecule has 2 aromatic carbocycles. The van der Waals surface area contributed by atoms with Gasteiger partial charge in [-0.25, -0.2) is 4.39 Å². The normalized spacial score (nSPS) is 12.3. The topological polar surface area (TPSA) is 9.23 Å². The zero-order valence-corrected chi connectivity index (χ0v) is 14.7. The Hall–Kier alpha value is -0.390. The van der Waals surface area contributed by atoms with Crippen LogP contribution in [0.2, 0.25) is 0 Å². The molecule has 0 heterocycles. The van der Waals surface area contributed by atoms with Crippen molar-refractivity contribution in [3.63, 3.8) is 0 Å². The maximum absolute atomic E-state index is 14.0. The molecular formula is C14H10Br3FO. The van der Waals surface area contributed by atoms with Crippen LogP contribution in [0.1, 0.15) is 16.0 Å². The molecule has 19 heavy (non-hydrogen) atoms. The lowest BCUT2D eigenvalue weighted by molar-refractivity contribution is 0.411. The highest BCUT2D eigenvalue weighted by atomic mass is 79.9. The molecule has 1 unspecified atom stereocenters. The van der Waals surface area contributed by atoms with Gasteiger partial charge in [-0.15, -0.1) is 0 Å². The Balaban J connectivity index is 2.40. The van der Waals surface area contributed by atoms with Gasteiger partial charge in [0.25, 0.3) is 0 Å². The van der Waals surface area contributed by atoms with Gasteiger partial charge in [-0.3, -0.25) is 0 Å². The van der Waals surface area contributed by atoms with E-state index in [1.165, 1.54) is 13.2 Å². The van der Waals surface area contributed by atoms with Crippen LogP contribution in [0.15, 0.2) is 45.3 Å². The minimum Gasteiger partial charge on any atom is -0.497 e. The van der Waals surface area contributed by atoms with E-state index < -0.39 is 0 Å². The highest BCUT2D eigenvalue weighted by Gasteiger charge is 2.16. The molecule has 2 rings (SSSR count). The smallest absolute Gasteiger partial charge is 0.131 e. The molecule has 5 heteroatoms. The van der Waals surface area contributed by atoms with Crippen LogP contribution >= 0.6 is 47.8 Å². The molecule has 0 aliphatic rings. The van der Waals surface area contributed by atoms with Gasteiger partial charge in [0.1, 0.15) is 11.6 Å². The number of methoxy groups -OCH3 is 1. The molecule has 1 atom stereocenters. The zero-order chi connectivity index (χ0) is 14.0. The van der Waals surface area contributed by atoms with Crippen LogP contribution in [-0.4, -0.2) is 7.11 Å². The van der Waals surface area contributed by atoms with E-state index in [1.54, 1.807) is 12.1 Å². The summed E-state index contributed by atoms with van der Waals surface area (Å²) in [6.07, 6.45) is 0. The Bertz CT molecular complexity index is 581. The Labute approximate surface area is 136 Å². The van der Waals surface area contributed by atoms with E-state index in [4.69, 9.17) is 4.74 Å². The maximum atomic E-state index is 14.0. The van der Waals surface area contributed by atoms with Crippen molar-refractivity contribution in [1.82, 2.24) is 0 Å². The predicted octanol–water partition coefficient (Wildman–Crippen LogP) is 5.84. The van der Waals surface area contributed by atoms with Crippen molar-refractivity contribution in [1.29, 1.82) is 0 Å². The Morgan fingerprint density at radius 1 is 1.05 bits per heavy atom. The van der Waals surface area contributed by atoms with Gasteiger partial charge in [-0.2, -0.15) is 0 Å². The first-order valence-corrected chi connectivity index (χ1v) is 7.95. The molecular weight excluding hydrogens is 443 g/mol. The largest absolute Gasteiger partial charge is 0.497 e. The van der Waals surface area contributed by atoms with Crippen molar-refractivity contribution in [2.24, 2.45) is 0 Å². The molecule has 0 bridgehead atoms. The molecule has 1 nitrogen and oxygen atoms in total. The van der Waals surface area contributed by atoms with Crippen LogP contribution in [0.5, 0.6) is 5.75 Å². The number of benzene rings is 2. The standard InChI is InChI=1S/C14H10Br3FO/c1-19-11-2-3-12(13(18)7-11)14(17)8-4-9(15)6-10(16)5-8/h2-7,14H,1H3. The van der Waals surface area contributed by atoms with E-state index in [1.807, 2.05) is 18.2 Å². The van der Waals surface area contributed by atoms with Crippen molar-refractivity contribution < 1.29 is 9.13 Å². The number of hydrogen-bond donors (Lipinski definition) is 0. The first-order chi connectivity index (χ1) is 9.01. The van der Waals surface area contributed by atoms with E-state index in [0.717, 1.165) is 14.5 Å². The Morgan fingerprint density at radius 2 is 1.68 bits per heavy atom. The third-order valence-corrected chi connectivity index (χ3v) is 4.60. The van der Waals surface area contributed by atoms with E-state index in [9.17, 15) is 4.39 Å². The van der Waals surface area contributed by atoms with Gasteiger partial charge in [-0.1, -0.05) is 53.9 Å². The molecule has 0 saturated heterocycles. The fraction of sp³-hybridized carbons (Fsp3) is 0.143. The van der Waals surface area contributed by atoms with E-state index in [2.05, 4.69) is 47.8 Å². The van der Waals surface area contributed by atoms with Crippen LogP contribution in [-0.2, 0) is 0 Å². The summed E-state index contributed by atoms with van der Waals surface area (Å²) in [6.45, 7) is 0. The SMILES string of the molecule is COc1ccc(C(Br)c2cc(Br)cc(Br)c2)c(F)c1. The predicted molar refractivity (Wildman–Crippen MR) is 85.6 cm³/mol. The second-order valence-electron chi connectivity index (χ2n) is 3.95. The summed E-state index contributed by atoms with van der Waals surface area (Å²) in [5, 5.41) is 0. The highest BCUT2D eigenvalue weighted by Crippen LogP contribution is 2.36. The van der Waals surface area contributed by atoms with Crippen molar-refractivity contribution in [3.8, 4) is 5.75 Å². The zero-order valence-electron chi connectivity index (χ0n) is 9.96. The quantitative estimate of drug-likeness (QED) is 0.531. The number of alkyl halides is 1. The van der Waals surface area contributed by atoms with Crippen LogP contribution in [0.3, 0.4) is 0 Å². The van der Waals surface area contributed by atoms with Crippen LogP contribution < -0.4 is 4.74 Å². The van der Waals surface area contributed by atoms with Gasteiger partial charge < -0.3 is 4.74 Å². The molecule has 0 spiro atoms. The van der Waals surface area contributed by atoms with Gasteiger partial charge >= 0.3 is 0 Å². The molecule has 0 saturated carbocycles. The van der Waals surface area contributed by atoms with Gasteiger partial charge in [0.05, 0.1) is 11.9 Å². The summed E-state index contributed by atoms with van der Waals surface area (Å²) in [7, 11) is 1.52. The number of rotatable bonds is 3. The summed E-state index contributed by atoms with van der Waals surface area (Å²) in [4.78, 5) is -0.216. The highest BCUT2D eigenvalue weighted by molar-refractivity contribution is 9.11.